The number of benzene rings is 4. The van der Waals surface area contributed by atoms with Crippen LogP contribution < -0.4 is 14.2 Å². The van der Waals surface area contributed by atoms with Crippen molar-refractivity contribution in [1.29, 1.82) is 0 Å². The third-order valence-electron chi connectivity index (χ3n) is 7.67. The van der Waals surface area contributed by atoms with Crippen LogP contribution in [-0.2, 0) is 11.3 Å². The molecular weight excluding hydrogens is 592 g/mol. The topological polar surface area (TPSA) is 88.1 Å². The van der Waals surface area contributed by atoms with E-state index in [1.165, 1.54) is 99.9 Å². The third-order valence-corrected chi connectivity index (χ3v) is 7.67. The van der Waals surface area contributed by atoms with Crippen LogP contribution in [0.15, 0.2) is 103 Å². The Bertz CT molecular complexity index is 1510. The van der Waals surface area contributed by atoms with Gasteiger partial charge in [-0.2, -0.15) is 0 Å². The lowest BCUT2D eigenvalue weighted by Crippen LogP contribution is -2.10. The van der Waals surface area contributed by atoms with Crippen LogP contribution >= 0.6 is 0 Å². The maximum Gasteiger partial charge on any atom is 0.343 e. The van der Waals surface area contributed by atoms with E-state index in [-0.39, 0.29) is 17.9 Å². The molecule has 0 aliphatic heterocycles. The van der Waals surface area contributed by atoms with Gasteiger partial charge < -0.3 is 18.9 Å². The molecule has 7 nitrogen and oxygen atoms in total. The third kappa shape index (κ3) is 12.4. The molecule has 246 valence electrons. The molecule has 0 bridgehead atoms. The molecule has 0 aliphatic carbocycles. The first kappa shape index (κ1) is 35.0. The molecule has 47 heavy (non-hydrogen) atoms. The summed E-state index contributed by atoms with van der Waals surface area (Å²) >= 11 is 0. The molecule has 7 heteroatoms. The van der Waals surface area contributed by atoms with E-state index < -0.39 is 17.9 Å². The minimum atomic E-state index is -0.587. The van der Waals surface area contributed by atoms with Crippen LogP contribution in [0.1, 0.15) is 108 Å². The standard InChI is InChI=1S/C40H44O7/c1-2-3-4-5-6-7-8-9-10-14-29-44-35-23-17-33(18-24-35)39(42)47-37-27-21-34(22-28-37)40(43)46-36-25-19-32(20-26-36)38(41)45-30-31-15-12-11-13-16-31/h11-13,15-28H,2-10,14,29-30H2,1H3. The molecule has 0 heterocycles. The Balaban J connectivity index is 1.14. The molecule has 0 unspecified atom stereocenters. The van der Waals surface area contributed by atoms with Crippen molar-refractivity contribution in [1.82, 2.24) is 0 Å². The molecule has 0 fully saturated rings. The predicted octanol–water partition coefficient (Wildman–Crippen LogP) is 9.78. The first-order valence-electron chi connectivity index (χ1n) is 16.6. The summed E-state index contributed by atoms with van der Waals surface area (Å²) in [6.45, 7) is 3.07. The molecule has 0 radical (unpaired) electrons. The fourth-order valence-corrected chi connectivity index (χ4v) is 4.92. The van der Waals surface area contributed by atoms with Crippen LogP contribution in [0, 0.1) is 0 Å². The zero-order valence-corrected chi connectivity index (χ0v) is 27.2. The fourth-order valence-electron chi connectivity index (χ4n) is 4.92. The maximum absolute atomic E-state index is 12.6. The summed E-state index contributed by atoms with van der Waals surface area (Å²) in [5.74, 6) is -0.273. The summed E-state index contributed by atoms with van der Waals surface area (Å²) in [5.41, 5.74) is 1.91. The van der Waals surface area contributed by atoms with Crippen molar-refractivity contribution in [3.8, 4) is 17.2 Å². The van der Waals surface area contributed by atoms with Gasteiger partial charge in [0.15, 0.2) is 0 Å². The van der Waals surface area contributed by atoms with Crippen LogP contribution in [-0.4, -0.2) is 24.5 Å². The van der Waals surface area contributed by atoms with Gasteiger partial charge in [-0.25, -0.2) is 14.4 Å². The number of ether oxygens (including phenoxy) is 4. The van der Waals surface area contributed by atoms with E-state index in [2.05, 4.69) is 6.92 Å². The molecule has 0 saturated heterocycles. The van der Waals surface area contributed by atoms with E-state index >= 15 is 0 Å². The van der Waals surface area contributed by atoms with E-state index in [1.807, 2.05) is 30.3 Å². The highest BCUT2D eigenvalue weighted by Gasteiger charge is 2.13. The summed E-state index contributed by atoms with van der Waals surface area (Å²) in [7, 11) is 0. The zero-order chi connectivity index (χ0) is 33.1. The number of unbranched alkanes of at least 4 members (excludes halogenated alkanes) is 9. The van der Waals surface area contributed by atoms with Gasteiger partial charge in [0.05, 0.1) is 23.3 Å². The van der Waals surface area contributed by atoms with Gasteiger partial charge in [-0.3, -0.25) is 0 Å². The van der Waals surface area contributed by atoms with Crippen LogP contribution in [0.2, 0.25) is 0 Å². The number of carbonyl (C=O) groups is 3. The molecule has 4 aromatic carbocycles. The fraction of sp³-hybridized carbons (Fsp3) is 0.325. The first-order valence-corrected chi connectivity index (χ1v) is 16.6. The molecule has 0 atom stereocenters. The normalized spacial score (nSPS) is 10.7. The lowest BCUT2D eigenvalue weighted by atomic mass is 10.1. The van der Waals surface area contributed by atoms with Crippen molar-refractivity contribution in [2.75, 3.05) is 6.61 Å². The van der Waals surface area contributed by atoms with Crippen molar-refractivity contribution < 1.29 is 33.3 Å². The molecule has 4 aromatic rings. The maximum atomic E-state index is 12.6. The first-order chi connectivity index (χ1) is 23.0. The van der Waals surface area contributed by atoms with Gasteiger partial charge in [-0.15, -0.1) is 0 Å². The number of carbonyl (C=O) groups excluding carboxylic acids is 3. The average Bonchev–Trinajstić information content (AvgIpc) is 3.11. The van der Waals surface area contributed by atoms with Crippen molar-refractivity contribution in [3.05, 3.63) is 125 Å². The highest BCUT2D eigenvalue weighted by Crippen LogP contribution is 2.20. The van der Waals surface area contributed by atoms with Crippen molar-refractivity contribution >= 4 is 17.9 Å². The van der Waals surface area contributed by atoms with Crippen molar-refractivity contribution in [2.24, 2.45) is 0 Å². The van der Waals surface area contributed by atoms with E-state index in [0.717, 1.165) is 24.2 Å². The second-order valence-electron chi connectivity index (χ2n) is 11.4. The monoisotopic (exact) mass is 636 g/mol. The number of hydrogen-bond donors (Lipinski definition) is 0. The highest BCUT2D eigenvalue weighted by atomic mass is 16.5. The lowest BCUT2D eigenvalue weighted by molar-refractivity contribution is 0.0472. The van der Waals surface area contributed by atoms with E-state index in [0.29, 0.717) is 23.5 Å². The molecule has 0 aromatic heterocycles. The predicted molar refractivity (Wildman–Crippen MR) is 182 cm³/mol. The minimum absolute atomic E-state index is 0.169. The average molecular weight is 637 g/mol. The van der Waals surface area contributed by atoms with Gasteiger partial charge in [-0.05, 0) is 84.8 Å². The Hall–Kier alpha value is -4.91. The van der Waals surface area contributed by atoms with Gasteiger partial charge in [0.2, 0.25) is 0 Å². The molecule has 0 saturated carbocycles. The van der Waals surface area contributed by atoms with Gasteiger partial charge in [0, 0.05) is 0 Å². The number of rotatable bonds is 19. The molecule has 0 spiro atoms. The Morgan fingerprint density at radius 3 is 1.38 bits per heavy atom. The summed E-state index contributed by atoms with van der Waals surface area (Å²) in [6, 6.07) is 28.5. The Kier molecular flexibility index (Phi) is 14.6. The zero-order valence-electron chi connectivity index (χ0n) is 27.2. The van der Waals surface area contributed by atoms with E-state index in [4.69, 9.17) is 18.9 Å². The largest absolute Gasteiger partial charge is 0.494 e. The summed E-state index contributed by atoms with van der Waals surface area (Å²) in [6.07, 6.45) is 12.8. The van der Waals surface area contributed by atoms with E-state index in [1.54, 1.807) is 24.3 Å². The van der Waals surface area contributed by atoms with Gasteiger partial charge in [-0.1, -0.05) is 95.0 Å². The minimum Gasteiger partial charge on any atom is -0.494 e. The number of esters is 3. The van der Waals surface area contributed by atoms with Crippen LogP contribution in [0.5, 0.6) is 17.2 Å². The van der Waals surface area contributed by atoms with Gasteiger partial charge >= 0.3 is 17.9 Å². The van der Waals surface area contributed by atoms with Crippen molar-refractivity contribution in [3.63, 3.8) is 0 Å². The summed E-state index contributed by atoms with van der Waals surface area (Å²) in [4.78, 5) is 37.6. The smallest absolute Gasteiger partial charge is 0.343 e. The summed E-state index contributed by atoms with van der Waals surface area (Å²) in [5, 5.41) is 0. The second-order valence-corrected chi connectivity index (χ2v) is 11.4. The highest BCUT2D eigenvalue weighted by molar-refractivity contribution is 5.93. The quantitative estimate of drug-likeness (QED) is 0.0575. The molecule has 0 aliphatic rings. The number of hydrogen-bond acceptors (Lipinski definition) is 7. The summed E-state index contributed by atoms with van der Waals surface area (Å²) < 4.78 is 22.1. The van der Waals surface area contributed by atoms with E-state index in [9.17, 15) is 14.4 Å². The lowest BCUT2D eigenvalue weighted by Gasteiger charge is -2.09. The second kappa shape index (κ2) is 19.6. The molecule has 0 amide bonds. The van der Waals surface area contributed by atoms with Crippen LogP contribution in [0.3, 0.4) is 0 Å². The van der Waals surface area contributed by atoms with Crippen LogP contribution in [0.4, 0.5) is 0 Å². The SMILES string of the molecule is CCCCCCCCCCCCOc1ccc(C(=O)Oc2ccc(C(=O)Oc3ccc(C(=O)OCc4ccccc4)cc3)cc2)cc1. The van der Waals surface area contributed by atoms with Crippen LogP contribution in [0.25, 0.3) is 0 Å². The molecular formula is C40H44O7. The Labute approximate surface area is 277 Å². The van der Waals surface area contributed by atoms with Gasteiger partial charge in [0.1, 0.15) is 23.9 Å². The Morgan fingerprint density at radius 2 is 0.894 bits per heavy atom. The van der Waals surface area contributed by atoms with Gasteiger partial charge in [0.25, 0.3) is 0 Å². The Morgan fingerprint density at radius 1 is 0.468 bits per heavy atom. The molecule has 0 N–H and O–H groups in total. The van der Waals surface area contributed by atoms with Crippen molar-refractivity contribution in [2.45, 2.75) is 77.7 Å². The molecule has 4 rings (SSSR count).